The summed E-state index contributed by atoms with van der Waals surface area (Å²) in [5.41, 5.74) is 1.25. The second-order valence-electron chi connectivity index (χ2n) is 7.28. The van der Waals surface area contributed by atoms with Gasteiger partial charge in [-0.2, -0.15) is 0 Å². The molecule has 1 aliphatic rings. The Morgan fingerprint density at radius 1 is 1.19 bits per heavy atom. The number of halogens is 4. The number of carbonyl (C=O) groups excluding carboxylic acids is 2. The van der Waals surface area contributed by atoms with Crippen LogP contribution >= 0.6 is 11.6 Å². The fourth-order valence-corrected chi connectivity index (χ4v) is 3.25. The van der Waals surface area contributed by atoms with Crippen LogP contribution in [0.4, 0.5) is 13.2 Å². The maximum atomic E-state index is 12.3. The minimum absolute atomic E-state index is 0.0790. The zero-order chi connectivity index (χ0) is 23.3. The Hall–Kier alpha value is -2.69. The van der Waals surface area contributed by atoms with Crippen molar-refractivity contribution in [1.82, 2.24) is 15.6 Å². The maximum absolute atomic E-state index is 12.3. The molecule has 1 aromatic heterocycles. The molecule has 7 nitrogen and oxygen atoms in total. The summed E-state index contributed by atoms with van der Waals surface area (Å²) >= 11 is 5.93. The predicted octanol–water partition coefficient (Wildman–Crippen LogP) is 3.72. The molecule has 0 spiro atoms. The Bertz CT molecular complexity index is 1010. The van der Waals surface area contributed by atoms with Crippen molar-refractivity contribution in [1.29, 1.82) is 0 Å². The third-order valence-corrected chi connectivity index (χ3v) is 4.95. The molecule has 2 amide bonds. The lowest BCUT2D eigenvalue weighted by Gasteiger charge is -2.34. The van der Waals surface area contributed by atoms with Crippen molar-refractivity contribution in [3.05, 3.63) is 53.3 Å². The number of pyridine rings is 1. The number of aromatic nitrogens is 1. The number of nitrogens with one attached hydrogen (secondary N) is 2. The summed E-state index contributed by atoms with van der Waals surface area (Å²) in [6.07, 6.45) is -5.61. The molecule has 1 aromatic carbocycles. The normalized spacial score (nSPS) is 18.1. The Morgan fingerprint density at radius 2 is 1.94 bits per heavy atom. The van der Waals surface area contributed by atoms with Gasteiger partial charge < -0.3 is 15.4 Å². The van der Waals surface area contributed by atoms with Crippen molar-refractivity contribution in [3.8, 4) is 0 Å². The van der Waals surface area contributed by atoms with Gasteiger partial charge in [0.05, 0.1) is 17.7 Å². The van der Waals surface area contributed by atoms with Gasteiger partial charge in [0.25, 0.3) is 5.91 Å². The monoisotopic (exact) mass is 471 g/mol. The van der Waals surface area contributed by atoms with Crippen molar-refractivity contribution >= 4 is 34.3 Å². The number of hydrogen-bond acceptors (Lipinski definition) is 5. The molecule has 1 heterocycles. The minimum atomic E-state index is -4.67. The van der Waals surface area contributed by atoms with E-state index in [4.69, 9.17) is 16.3 Å². The van der Waals surface area contributed by atoms with E-state index in [2.05, 4.69) is 26.9 Å². The lowest BCUT2D eigenvalue weighted by Crippen LogP contribution is -2.42. The summed E-state index contributed by atoms with van der Waals surface area (Å²) in [5.74, 6) is -0.846. The van der Waals surface area contributed by atoms with Crippen molar-refractivity contribution in [2.75, 3.05) is 13.2 Å². The molecule has 0 saturated heterocycles. The number of hydrogen-bond donors (Lipinski definition) is 2. The minimum Gasteiger partial charge on any atom is -0.368 e. The highest BCUT2D eigenvalue weighted by Crippen LogP contribution is 2.32. The van der Waals surface area contributed by atoms with Gasteiger partial charge in [-0.05, 0) is 24.3 Å². The summed E-state index contributed by atoms with van der Waals surface area (Å²) in [4.78, 5) is 28.4. The summed E-state index contributed by atoms with van der Waals surface area (Å²) in [7, 11) is 0. The van der Waals surface area contributed by atoms with Gasteiger partial charge in [0.15, 0.2) is 0 Å². The number of amides is 2. The topological polar surface area (TPSA) is 89.6 Å². The number of alkyl halides is 3. The molecule has 32 heavy (non-hydrogen) atoms. The summed E-state index contributed by atoms with van der Waals surface area (Å²) in [6.45, 7) is 3.63. The van der Waals surface area contributed by atoms with E-state index in [0.717, 1.165) is 5.39 Å². The van der Waals surface area contributed by atoms with Crippen molar-refractivity contribution in [3.63, 3.8) is 0 Å². The molecule has 1 saturated carbocycles. The van der Waals surface area contributed by atoms with Crippen LogP contribution in [-0.2, 0) is 14.3 Å². The van der Waals surface area contributed by atoms with E-state index in [-0.39, 0.29) is 44.0 Å². The fourth-order valence-electron chi connectivity index (χ4n) is 3.07. The van der Waals surface area contributed by atoms with Crippen LogP contribution < -0.4 is 10.6 Å². The first-order valence-corrected chi connectivity index (χ1v) is 10.1. The number of benzene rings is 1. The highest BCUT2D eigenvalue weighted by Gasteiger charge is 2.40. The van der Waals surface area contributed by atoms with Gasteiger partial charge in [0.1, 0.15) is 12.3 Å². The van der Waals surface area contributed by atoms with E-state index >= 15 is 0 Å². The van der Waals surface area contributed by atoms with Crippen LogP contribution in [0.15, 0.2) is 42.6 Å². The van der Waals surface area contributed by atoms with Gasteiger partial charge in [-0.25, -0.2) is 4.98 Å². The average Bonchev–Trinajstić information content (AvgIpc) is 2.68. The molecule has 2 N–H and O–H groups in total. The molecule has 2 aromatic rings. The van der Waals surface area contributed by atoms with Gasteiger partial charge in [0, 0.05) is 41.9 Å². The lowest BCUT2D eigenvalue weighted by molar-refractivity contribution is -0.357. The molecule has 1 aliphatic carbocycles. The van der Waals surface area contributed by atoms with E-state index in [9.17, 15) is 22.8 Å². The van der Waals surface area contributed by atoms with Crippen molar-refractivity contribution in [2.24, 2.45) is 0 Å². The van der Waals surface area contributed by atoms with Crippen molar-refractivity contribution in [2.45, 2.75) is 37.8 Å². The third kappa shape index (κ3) is 7.18. The zero-order valence-corrected chi connectivity index (χ0v) is 17.6. The van der Waals surface area contributed by atoms with E-state index in [1.807, 2.05) is 0 Å². The molecule has 11 heteroatoms. The Morgan fingerprint density at radius 3 is 2.66 bits per heavy atom. The van der Waals surface area contributed by atoms with Crippen LogP contribution in [0.1, 0.15) is 29.8 Å². The van der Waals surface area contributed by atoms with Crippen LogP contribution in [0, 0.1) is 0 Å². The molecule has 0 unspecified atom stereocenters. The zero-order valence-electron chi connectivity index (χ0n) is 16.9. The van der Waals surface area contributed by atoms with E-state index in [1.165, 1.54) is 0 Å². The first kappa shape index (κ1) is 24.0. The summed E-state index contributed by atoms with van der Waals surface area (Å²) in [5, 5.41) is 6.62. The number of nitrogens with zero attached hydrogens (tertiary/aromatic N) is 1. The smallest absolute Gasteiger partial charge is 0.368 e. The van der Waals surface area contributed by atoms with Crippen LogP contribution in [0.5, 0.6) is 0 Å². The Kier molecular flexibility index (Phi) is 7.70. The largest absolute Gasteiger partial charge is 0.522 e. The first-order valence-electron chi connectivity index (χ1n) is 9.77. The van der Waals surface area contributed by atoms with Crippen LogP contribution in [0.2, 0.25) is 5.02 Å². The van der Waals surface area contributed by atoms with Gasteiger partial charge in [0.2, 0.25) is 5.91 Å². The summed E-state index contributed by atoms with van der Waals surface area (Å²) < 4.78 is 45.3. The molecule has 3 rings (SSSR count). The van der Waals surface area contributed by atoms with E-state index in [0.29, 0.717) is 16.2 Å². The Balaban J connectivity index is 1.32. The first-order chi connectivity index (χ1) is 15.1. The van der Waals surface area contributed by atoms with Crippen LogP contribution in [-0.4, -0.2) is 48.5 Å². The van der Waals surface area contributed by atoms with Crippen LogP contribution in [0.25, 0.3) is 10.9 Å². The van der Waals surface area contributed by atoms with Gasteiger partial charge in [-0.3, -0.25) is 14.3 Å². The molecule has 0 aliphatic heterocycles. The van der Waals surface area contributed by atoms with Gasteiger partial charge in [-0.1, -0.05) is 24.2 Å². The second-order valence-corrected chi connectivity index (χ2v) is 7.72. The number of fused-ring (bicyclic) bond motifs is 1. The molecule has 0 radical (unpaired) electrons. The number of carbonyl (C=O) groups is 2. The second kappa shape index (κ2) is 10.3. The molecule has 0 bridgehead atoms. The molecule has 0 atom stereocenters. The van der Waals surface area contributed by atoms with Gasteiger partial charge in [-0.15, -0.1) is 13.2 Å². The number of rotatable bonds is 9. The van der Waals surface area contributed by atoms with Crippen molar-refractivity contribution < 1.29 is 32.2 Å². The molecular formula is C21H21ClF3N3O4. The fraction of sp³-hybridized carbons (Fsp3) is 0.381. The summed E-state index contributed by atoms with van der Waals surface area (Å²) in [6, 6.07) is 8.51. The quantitative estimate of drug-likeness (QED) is 0.582. The molecule has 172 valence electrons. The molecule has 1 fully saturated rings. The van der Waals surface area contributed by atoms with Gasteiger partial charge >= 0.3 is 6.36 Å². The predicted molar refractivity (Wildman–Crippen MR) is 111 cm³/mol. The third-order valence-electron chi connectivity index (χ3n) is 4.71. The Labute approximate surface area is 186 Å². The maximum Gasteiger partial charge on any atom is 0.522 e. The van der Waals surface area contributed by atoms with E-state index < -0.39 is 24.5 Å². The van der Waals surface area contributed by atoms with Crippen LogP contribution in [0.3, 0.4) is 0 Å². The lowest BCUT2D eigenvalue weighted by atomic mass is 9.92. The average molecular weight is 472 g/mol. The SMILES string of the molecule is C=C(CCNC(=O)c1ccc2cc(Cl)ccc2n1)NC(=O)CO[C@H]1C[C@@H](OC(F)(F)F)C1. The number of ether oxygens (including phenoxy) is 2. The van der Waals surface area contributed by atoms with E-state index in [1.54, 1.807) is 30.3 Å². The highest BCUT2D eigenvalue weighted by molar-refractivity contribution is 6.31. The standard InChI is InChI=1S/C21H21ClF3N3O4/c1-12(27-19(29)11-31-15-9-16(10-15)32-21(23,24)25)6-7-26-20(30)18-4-2-13-8-14(22)3-5-17(13)28-18/h2-5,8,15-16H,1,6-7,9-11H2,(H,26,30)(H,27,29)/t15-,16+. The highest BCUT2D eigenvalue weighted by atomic mass is 35.5. The molecular weight excluding hydrogens is 451 g/mol.